The molecule has 0 saturated carbocycles. The molecule has 0 N–H and O–H groups in total. The average molecular weight is 392 g/mol. The highest BCUT2D eigenvalue weighted by atomic mass is 15.3. The fourth-order valence-corrected chi connectivity index (χ4v) is 3.62. The van der Waals surface area contributed by atoms with E-state index in [1.54, 1.807) is 0 Å². The van der Waals surface area contributed by atoms with Crippen molar-refractivity contribution in [2.45, 2.75) is 19.8 Å². The van der Waals surface area contributed by atoms with Crippen molar-refractivity contribution in [1.29, 1.82) is 0 Å². The number of hydrogen-bond donors (Lipinski definition) is 0. The molecule has 0 fully saturated rings. The lowest BCUT2D eigenvalue weighted by Gasteiger charge is -2.14. The van der Waals surface area contributed by atoms with Gasteiger partial charge < -0.3 is 0 Å². The average Bonchev–Trinajstić information content (AvgIpc) is 3.23. The third-order valence-electron chi connectivity index (χ3n) is 4.98. The lowest BCUT2D eigenvalue weighted by molar-refractivity contribution is 1.03. The summed E-state index contributed by atoms with van der Waals surface area (Å²) in [6.07, 6.45) is 10.0. The van der Waals surface area contributed by atoms with E-state index in [4.69, 9.17) is 0 Å². The maximum atomic E-state index is 4.64. The first-order chi connectivity index (χ1) is 14.8. The fourth-order valence-electron chi connectivity index (χ4n) is 3.62. The molecule has 4 aromatic rings. The second-order valence-corrected chi connectivity index (χ2v) is 7.04. The summed E-state index contributed by atoms with van der Waals surface area (Å²) in [4.78, 5) is 0. The van der Waals surface area contributed by atoms with Crippen LogP contribution >= 0.6 is 0 Å². The molecule has 1 heterocycles. The molecule has 0 atom stereocenters. The van der Waals surface area contributed by atoms with E-state index in [0.29, 0.717) is 0 Å². The van der Waals surface area contributed by atoms with E-state index in [1.807, 2.05) is 24.3 Å². The SMILES string of the molecule is C=CC/C=C\C(=C/CC)c1nnc(-c2ccccc2)n1-c1cccc2ccccc12. The van der Waals surface area contributed by atoms with Crippen LogP contribution in [0.25, 0.3) is 33.4 Å². The minimum atomic E-state index is 0.814. The Morgan fingerprint density at radius 3 is 2.50 bits per heavy atom. The van der Waals surface area contributed by atoms with Gasteiger partial charge in [-0.05, 0) is 24.3 Å². The molecule has 0 aliphatic carbocycles. The van der Waals surface area contributed by atoms with E-state index in [0.717, 1.165) is 41.3 Å². The van der Waals surface area contributed by atoms with E-state index < -0.39 is 0 Å². The number of benzene rings is 3. The lowest BCUT2D eigenvalue weighted by atomic mass is 10.1. The number of hydrogen-bond acceptors (Lipinski definition) is 2. The first-order valence-corrected chi connectivity index (χ1v) is 10.3. The molecule has 0 bridgehead atoms. The predicted octanol–water partition coefficient (Wildman–Crippen LogP) is 7.01. The number of fused-ring (bicyclic) bond motifs is 1. The summed E-state index contributed by atoms with van der Waals surface area (Å²) in [7, 11) is 0. The number of nitrogens with zero attached hydrogens (tertiary/aromatic N) is 3. The Hall–Kier alpha value is -3.72. The van der Waals surface area contributed by atoms with Gasteiger partial charge in [0.1, 0.15) is 0 Å². The summed E-state index contributed by atoms with van der Waals surface area (Å²) < 4.78 is 2.18. The molecule has 1 aromatic heterocycles. The molecule has 0 amide bonds. The quantitative estimate of drug-likeness (QED) is 0.250. The Balaban J connectivity index is 2.00. The second kappa shape index (κ2) is 9.19. The highest BCUT2D eigenvalue weighted by molar-refractivity contribution is 5.91. The molecule has 4 rings (SSSR count). The molecule has 3 nitrogen and oxygen atoms in total. The largest absolute Gasteiger partial charge is 0.274 e. The van der Waals surface area contributed by atoms with Crippen LogP contribution in [0.3, 0.4) is 0 Å². The van der Waals surface area contributed by atoms with Crippen LogP contribution in [0.15, 0.2) is 104 Å². The van der Waals surface area contributed by atoms with Crippen molar-refractivity contribution in [2.75, 3.05) is 0 Å². The van der Waals surface area contributed by atoms with Crippen LogP contribution in [0, 0.1) is 0 Å². The van der Waals surface area contributed by atoms with Crippen molar-refractivity contribution >= 4 is 16.3 Å². The van der Waals surface area contributed by atoms with Crippen molar-refractivity contribution in [3.63, 3.8) is 0 Å². The van der Waals surface area contributed by atoms with Gasteiger partial charge in [-0.2, -0.15) is 0 Å². The Bertz CT molecular complexity index is 1210. The zero-order valence-electron chi connectivity index (χ0n) is 17.2. The van der Waals surface area contributed by atoms with Crippen molar-refractivity contribution in [3.8, 4) is 17.1 Å². The molecule has 0 aliphatic rings. The first kappa shape index (κ1) is 19.6. The predicted molar refractivity (Wildman–Crippen MR) is 127 cm³/mol. The van der Waals surface area contributed by atoms with Crippen LogP contribution < -0.4 is 0 Å². The topological polar surface area (TPSA) is 30.7 Å². The highest BCUT2D eigenvalue weighted by Gasteiger charge is 2.18. The molecule has 30 heavy (non-hydrogen) atoms. The van der Waals surface area contributed by atoms with E-state index in [-0.39, 0.29) is 0 Å². The van der Waals surface area contributed by atoms with Gasteiger partial charge in [0.15, 0.2) is 11.6 Å². The highest BCUT2D eigenvalue weighted by Crippen LogP contribution is 2.31. The summed E-state index contributed by atoms with van der Waals surface area (Å²) in [6, 6.07) is 25.0. The Morgan fingerprint density at radius 2 is 1.70 bits per heavy atom. The van der Waals surface area contributed by atoms with Gasteiger partial charge in [0, 0.05) is 16.5 Å². The zero-order valence-corrected chi connectivity index (χ0v) is 17.2. The van der Waals surface area contributed by atoms with Crippen LogP contribution in [0.1, 0.15) is 25.6 Å². The zero-order chi connectivity index (χ0) is 20.8. The Labute approximate surface area is 177 Å². The van der Waals surface area contributed by atoms with Gasteiger partial charge in [0.05, 0.1) is 5.69 Å². The van der Waals surface area contributed by atoms with Gasteiger partial charge in [-0.1, -0.05) is 98.0 Å². The third kappa shape index (κ3) is 3.87. The Morgan fingerprint density at radius 1 is 0.933 bits per heavy atom. The van der Waals surface area contributed by atoms with Crippen LogP contribution in [0.5, 0.6) is 0 Å². The summed E-state index contributed by atoms with van der Waals surface area (Å²) in [5.41, 5.74) is 3.17. The van der Waals surface area contributed by atoms with Gasteiger partial charge in [-0.3, -0.25) is 4.57 Å². The molecule has 3 heteroatoms. The molecule has 0 unspecified atom stereocenters. The van der Waals surface area contributed by atoms with Crippen LogP contribution in [-0.4, -0.2) is 14.8 Å². The standard InChI is InChI=1S/C27H25N3/c1-3-5-7-15-22(13-4-2)26-28-29-27(23-16-8-6-9-17-23)30(26)25-20-12-18-21-14-10-11-19-24(21)25/h3,6-20H,1,4-5H2,2H3/b15-7-,22-13+. The molecular weight excluding hydrogens is 366 g/mol. The second-order valence-electron chi connectivity index (χ2n) is 7.04. The molecule has 148 valence electrons. The maximum Gasteiger partial charge on any atom is 0.168 e. The van der Waals surface area contributed by atoms with Crippen molar-refractivity contribution in [1.82, 2.24) is 14.8 Å². The minimum Gasteiger partial charge on any atom is -0.274 e. The molecule has 0 saturated heterocycles. The summed E-state index contributed by atoms with van der Waals surface area (Å²) >= 11 is 0. The van der Waals surface area contributed by atoms with Gasteiger partial charge in [0.2, 0.25) is 0 Å². The number of aromatic nitrogens is 3. The van der Waals surface area contributed by atoms with Crippen LogP contribution in [-0.2, 0) is 0 Å². The van der Waals surface area contributed by atoms with Gasteiger partial charge >= 0.3 is 0 Å². The summed E-state index contributed by atoms with van der Waals surface area (Å²) in [5, 5.41) is 11.6. The van der Waals surface area contributed by atoms with E-state index in [9.17, 15) is 0 Å². The first-order valence-electron chi connectivity index (χ1n) is 10.3. The number of allylic oxidation sites excluding steroid dienone is 5. The van der Waals surface area contributed by atoms with E-state index in [1.165, 1.54) is 10.8 Å². The Kier molecular flexibility index (Phi) is 6.00. The van der Waals surface area contributed by atoms with E-state index in [2.05, 4.69) is 101 Å². The van der Waals surface area contributed by atoms with Gasteiger partial charge in [-0.25, -0.2) is 0 Å². The van der Waals surface area contributed by atoms with E-state index >= 15 is 0 Å². The minimum absolute atomic E-state index is 0.814. The van der Waals surface area contributed by atoms with Gasteiger partial charge in [0.25, 0.3) is 0 Å². The molecule has 0 aliphatic heterocycles. The molecule has 0 radical (unpaired) electrons. The molecular formula is C27H25N3. The fraction of sp³-hybridized carbons (Fsp3) is 0.111. The monoisotopic (exact) mass is 391 g/mol. The van der Waals surface area contributed by atoms with Gasteiger partial charge in [-0.15, -0.1) is 16.8 Å². The lowest BCUT2D eigenvalue weighted by Crippen LogP contribution is -2.03. The maximum absolute atomic E-state index is 4.64. The smallest absolute Gasteiger partial charge is 0.168 e. The number of rotatable bonds is 7. The van der Waals surface area contributed by atoms with Crippen LogP contribution in [0.2, 0.25) is 0 Å². The normalized spacial score (nSPS) is 12.0. The third-order valence-corrected chi connectivity index (χ3v) is 4.98. The van der Waals surface area contributed by atoms with Crippen molar-refractivity contribution in [2.24, 2.45) is 0 Å². The van der Waals surface area contributed by atoms with Crippen LogP contribution in [0.4, 0.5) is 0 Å². The van der Waals surface area contributed by atoms with Crippen molar-refractivity contribution in [3.05, 3.63) is 110 Å². The summed E-state index contributed by atoms with van der Waals surface area (Å²) in [5.74, 6) is 1.67. The van der Waals surface area contributed by atoms with Crippen molar-refractivity contribution < 1.29 is 0 Å². The molecule has 0 spiro atoms. The summed E-state index contributed by atoms with van der Waals surface area (Å²) in [6.45, 7) is 5.95. The molecule has 3 aromatic carbocycles.